The number of hydrogen-bond acceptors (Lipinski definition) is 2. The summed E-state index contributed by atoms with van der Waals surface area (Å²) in [7, 11) is 0. The Morgan fingerprint density at radius 2 is 2.20 bits per heavy atom. The normalized spacial score (nSPS) is 41.7. The van der Waals surface area contributed by atoms with Crippen molar-refractivity contribution in [3.05, 3.63) is 0 Å². The molecule has 2 aliphatic heterocycles. The first-order chi connectivity index (χ1) is 4.86. The van der Waals surface area contributed by atoms with Crippen LogP contribution < -0.4 is 0 Å². The molecule has 0 aromatic heterocycles. The summed E-state index contributed by atoms with van der Waals surface area (Å²) < 4.78 is 0. The molecular weight excluding hydrogens is 126 g/mol. The van der Waals surface area contributed by atoms with Crippen molar-refractivity contribution in [3.63, 3.8) is 0 Å². The Labute approximate surface area is 61.8 Å². The lowest BCUT2D eigenvalue weighted by Crippen LogP contribution is -2.34. The number of aliphatic hydroxyl groups is 1. The first kappa shape index (κ1) is 6.62. The van der Waals surface area contributed by atoms with Crippen LogP contribution in [-0.2, 0) is 0 Å². The second-order valence-electron chi connectivity index (χ2n) is 3.53. The topological polar surface area (TPSA) is 23.5 Å². The summed E-state index contributed by atoms with van der Waals surface area (Å²) in [5.41, 5.74) is 0. The van der Waals surface area contributed by atoms with Crippen LogP contribution in [0.25, 0.3) is 0 Å². The van der Waals surface area contributed by atoms with Crippen LogP contribution in [-0.4, -0.2) is 35.2 Å². The van der Waals surface area contributed by atoms with E-state index in [1.54, 1.807) is 0 Å². The molecule has 2 aliphatic rings. The predicted molar refractivity (Wildman–Crippen MR) is 39.8 cm³/mol. The quantitative estimate of drug-likeness (QED) is 0.534. The fourth-order valence-corrected chi connectivity index (χ4v) is 2.23. The van der Waals surface area contributed by atoms with Crippen molar-refractivity contribution in [1.29, 1.82) is 0 Å². The van der Waals surface area contributed by atoms with Crippen molar-refractivity contribution in [2.24, 2.45) is 0 Å². The van der Waals surface area contributed by atoms with Crippen LogP contribution in [0.15, 0.2) is 0 Å². The van der Waals surface area contributed by atoms with Crippen molar-refractivity contribution >= 4 is 0 Å². The molecule has 0 radical (unpaired) electrons. The summed E-state index contributed by atoms with van der Waals surface area (Å²) >= 11 is 0. The Balaban J connectivity index is 1.97. The highest BCUT2D eigenvalue weighted by Gasteiger charge is 2.31. The molecule has 0 aromatic carbocycles. The molecule has 2 fully saturated rings. The molecule has 0 amide bonds. The summed E-state index contributed by atoms with van der Waals surface area (Å²) in [6, 6.07) is 0.726. The lowest BCUT2D eigenvalue weighted by Gasteiger charge is -2.28. The van der Waals surface area contributed by atoms with Crippen molar-refractivity contribution in [2.45, 2.75) is 37.8 Å². The maximum atomic E-state index is 9.32. The Bertz CT molecular complexity index is 112. The molecule has 2 heteroatoms. The van der Waals surface area contributed by atoms with Crippen LogP contribution in [0.1, 0.15) is 25.7 Å². The smallest absolute Gasteiger partial charge is 0.0682 e. The lowest BCUT2D eigenvalue weighted by atomic mass is 10.0. The van der Waals surface area contributed by atoms with Crippen molar-refractivity contribution in [1.82, 2.24) is 4.90 Å². The van der Waals surface area contributed by atoms with Crippen LogP contribution in [0, 0.1) is 0 Å². The molecule has 0 aliphatic carbocycles. The average molecular weight is 141 g/mol. The number of hydrogen-bond donors (Lipinski definition) is 1. The van der Waals surface area contributed by atoms with E-state index in [0.29, 0.717) is 0 Å². The van der Waals surface area contributed by atoms with Gasteiger partial charge in [-0.2, -0.15) is 0 Å². The molecule has 58 valence electrons. The van der Waals surface area contributed by atoms with Crippen LogP contribution in [0.5, 0.6) is 0 Å². The molecule has 1 unspecified atom stereocenters. The van der Waals surface area contributed by atoms with Gasteiger partial charge in [-0.15, -0.1) is 0 Å². The van der Waals surface area contributed by atoms with Gasteiger partial charge in [0, 0.05) is 12.6 Å². The van der Waals surface area contributed by atoms with Gasteiger partial charge >= 0.3 is 0 Å². The van der Waals surface area contributed by atoms with Gasteiger partial charge in [0.25, 0.3) is 0 Å². The third-order valence-electron chi connectivity index (χ3n) is 2.74. The Hall–Kier alpha value is -0.0800. The standard InChI is InChI=1S/C8H15NO/c10-8-5-7-3-1-2-4-9(7)6-8/h7-8,10H,1-6H2/t7?,8-/m1/s1. The Kier molecular flexibility index (Phi) is 1.66. The van der Waals surface area contributed by atoms with E-state index in [1.165, 1.54) is 25.8 Å². The van der Waals surface area contributed by atoms with Gasteiger partial charge in [-0.25, -0.2) is 0 Å². The van der Waals surface area contributed by atoms with E-state index in [4.69, 9.17) is 0 Å². The van der Waals surface area contributed by atoms with Crippen LogP contribution in [0.2, 0.25) is 0 Å². The van der Waals surface area contributed by atoms with E-state index in [9.17, 15) is 5.11 Å². The summed E-state index contributed by atoms with van der Waals surface area (Å²) in [5, 5.41) is 9.32. The molecule has 0 spiro atoms. The zero-order chi connectivity index (χ0) is 6.97. The zero-order valence-electron chi connectivity index (χ0n) is 6.29. The summed E-state index contributed by atoms with van der Waals surface area (Å²) in [4.78, 5) is 2.44. The van der Waals surface area contributed by atoms with Gasteiger partial charge in [0.2, 0.25) is 0 Å². The second kappa shape index (κ2) is 2.51. The first-order valence-corrected chi connectivity index (χ1v) is 4.28. The monoisotopic (exact) mass is 141 g/mol. The van der Waals surface area contributed by atoms with Gasteiger partial charge in [-0.3, -0.25) is 4.90 Å². The number of rotatable bonds is 0. The largest absolute Gasteiger partial charge is 0.392 e. The molecule has 2 atom stereocenters. The predicted octanol–water partition coefficient (Wildman–Crippen LogP) is 0.605. The molecule has 1 N–H and O–H groups in total. The van der Waals surface area contributed by atoms with Gasteiger partial charge in [0.1, 0.15) is 0 Å². The lowest BCUT2D eigenvalue weighted by molar-refractivity contribution is 0.166. The minimum absolute atomic E-state index is 0.0249. The van der Waals surface area contributed by atoms with E-state index in [2.05, 4.69) is 4.90 Å². The second-order valence-corrected chi connectivity index (χ2v) is 3.53. The zero-order valence-corrected chi connectivity index (χ0v) is 6.29. The Morgan fingerprint density at radius 3 is 3.00 bits per heavy atom. The van der Waals surface area contributed by atoms with Crippen molar-refractivity contribution in [3.8, 4) is 0 Å². The molecule has 2 saturated heterocycles. The minimum Gasteiger partial charge on any atom is -0.392 e. The van der Waals surface area contributed by atoms with E-state index < -0.39 is 0 Å². The molecule has 2 nitrogen and oxygen atoms in total. The molecule has 10 heavy (non-hydrogen) atoms. The van der Waals surface area contributed by atoms with Crippen molar-refractivity contribution < 1.29 is 5.11 Å². The average Bonchev–Trinajstić information content (AvgIpc) is 2.27. The molecular formula is C8H15NO. The summed E-state index contributed by atoms with van der Waals surface area (Å²) in [6.07, 6.45) is 5.02. The highest BCUT2D eigenvalue weighted by Crippen LogP contribution is 2.26. The highest BCUT2D eigenvalue weighted by atomic mass is 16.3. The summed E-state index contributed by atoms with van der Waals surface area (Å²) in [5.74, 6) is 0. The molecule has 2 rings (SSSR count). The summed E-state index contributed by atoms with van der Waals surface area (Å²) in [6.45, 7) is 2.16. The molecule has 0 saturated carbocycles. The number of nitrogens with zero attached hydrogens (tertiary/aromatic N) is 1. The maximum Gasteiger partial charge on any atom is 0.0682 e. The third kappa shape index (κ3) is 1.06. The number of aliphatic hydroxyl groups excluding tert-OH is 1. The number of piperidine rings is 1. The van der Waals surface area contributed by atoms with Gasteiger partial charge in [-0.1, -0.05) is 6.42 Å². The van der Waals surface area contributed by atoms with E-state index in [0.717, 1.165) is 19.0 Å². The molecule has 0 bridgehead atoms. The van der Waals surface area contributed by atoms with Crippen LogP contribution in [0.3, 0.4) is 0 Å². The fourth-order valence-electron chi connectivity index (χ4n) is 2.23. The van der Waals surface area contributed by atoms with Gasteiger partial charge in [0.05, 0.1) is 6.10 Å². The van der Waals surface area contributed by atoms with Crippen LogP contribution in [0.4, 0.5) is 0 Å². The molecule has 0 aromatic rings. The maximum absolute atomic E-state index is 9.32. The van der Waals surface area contributed by atoms with Gasteiger partial charge < -0.3 is 5.11 Å². The van der Waals surface area contributed by atoms with E-state index in [1.807, 2.05) is 0 Å². The first-order valence-electron chi connectivity index (χ1n) is 4.28. The van der Waals surface area contributed by atoms with E-state index >= 15 is 0 Å². The fraction of sp³-hybridized carbons (Fsp3) is 1.00. The van der Waals surface area contributed by atoms with Gasteiger partial charge in [0.15, 0.2) is 0 Å². The van der Waals surface area contributed by atoms with Crippen molar-refractivity contribution in [2.75, 3.05) is 13.1 Å². The van der Waals surface area contributed by atoms with Crippen LogP contribution >= 0.6 is 0 Å². The highest BCUT2D eigenvalue weighted by molar-refractivity contribution is 4.87. The molecule has 2 heterocycles. The van der Waals surface area contributed by atoms with Gasteiger partial charge in [-0.05, 0) is 25.8 Å². The minimum atomic E-state index is -0.0249. The van der Waals surface area contributed by atoms with E-state index in [-0.39, 0.29) is 6.10 Å². The number of fused-ring (bicyclic) bond motifs is 1. The third-order valence-corrected chi connectivity index (χ3v) is 2.74. The Morgan fingerprint density at radius 1 is 1.30 bits per heavy atom. The SMILES string of the molecule is O[C@@H]1CC2CCCCN2C1.